The number of nitrogens with zero attached hydrogens (tertiary/aromatic N) is 1. The second-order valence-corrected chi connectivity index (χ2v) is 7.84. The van der Waals surface area contributed by atoms with Crippen molar-refractivity contribution in [3.63, 3.8) is 0 Å². The number of nitrogens with one attached hydrogen (secondary N) is 4. The number of amides is 3. The summed E-state index contributed by atoms with van der Waals surface area (Å²) in [5.41, 5.74) is 11.5. The number of aromatic nitrogens is 2. The maximum Gasteiger partial charge on any atom is 0.326 e. The molecule has 190 valence electrons. The standard InChI is InChI=1S/C19H31N7O7S/c20-4-2-1-3-12(24-16(29)11(21)8-34)17(30)25-13(6-15(27)28)18(31)26-14(19(32)33)5-10-7-22-9-23-10/h7,9,11-14,34H,1-6,8,20-21H2,(H,22,23)(H,24,29)(H,25,30)(H,26,31)(H,27,28)(H,32,33). The van der Waals surface area contributed by atoms with Gasteiger partial charge in [0.2, 0.25) is 17.7 Å². The number of nitrogens with two attached hydrogens (primary N) is 2. The number of carbonyl (C=O) groups is 5. The monoisotopic (exact) mass is 501 g/mol. The number of H-pyrrole nitrogens is 1. The summed E-state index contributed by atoms with van der Waals surface area (Å²) in [6.07, 6.45) is 2.94. The second kappa shape index (κ2) is 14.9. The molecular weight excluding hydrogens is 470 g/mol. The predicted molar refractivity (Wildman–Crippen MR) is 123 cm³/mol. The number of thiol groups is 1. The zero-order chi connectivity index (χ0) is 25.7. The van der Waals surface area contributed by atoms with Crippen molar-refractivity contribution in [1.82, 2.24) is 25.9 Å². The first-order valence-electron chi connectivity index (χ1n) is 10.5. The molecule has 1 aromatic heterocycles. The third kappa shape index (κ3) is 10.2. The van der Waals surface area contributed by atoms with Crippen LogP contribution in [-0.4, -0.2) is 86.3 Å². The molecule has 15 heteroatoms. The van der Waals surface area contributed by atoms with Gasteiger partial charge < -0.3 is 42.6 Å². The summed E-state index contributed by atoms with van der Waals surface area (Å²) in [5.74, 6) is -5.22. The summed E-state index contributed by atoms with van der Waals surface area (Å²) in [5, 5.41) is 25.6. The lowest BCUT2D eigenvalue weighted by atomic mass is 10.1. The highest BCUT2D eigenvalue weighted by Crippen LogP contribution is 2.05. The van der Waals surface area contributed by atoms with E-state index in [4.69, 9.17) is 11.5 Å². The van der Waals surface area contributed by atoms with E-state index in [9.17, 15) is 34.2 Å². The van der Waals surface area contributed by atoms with Crippen LogP contribution in [0, 0.1) is 0 Å². The van der Waals surface area contributed by atoms with Gasteiger partial charge in [-0.05, 0) is 25.8 Å². The molecule has 4 atom stereocenters. The van der Waals surface area contributed by atoms with Crippen LogP contribution in [0.15, 0.2) is 12.5 Å². The van der Waals surface area contributed by atoms with Crippen LogP contribution in [-0.2, 0) is 30.4 Å². The molecule has 10 N–H and O–H groups in total. The first kappa shape index (κ1) is 28.9. The smallest absolute Gasteiger partial charge is 0.326 e. The minimum atomic E-state index is -1.60. The minimum Gasteiger partial charge on any atom is -0.481 e. The average molecular weight is 502 g/mol. The highest BCUT2D eigenvalue weighted by Gasteiger charge is 2.31. The Morgan fingerprint density at radius 3 is 2.15 bits per heavy atom. The van der Waals surface area contributed by atoms with E-state index >= 15 is 0 Å². The fourth-order valence-electron chi connectivity index (χ4n) is 2.87. The molecule has 34 heavy (non-hydrogen) atoms. The summed E-state index contributed by atoms with van der Waals surface area (Å²) in [6, 6.07) is -5.10. The van der Waals surface area contributed by atoms with Crippen molar-refractivity contribution in [2.75, 3.05) is 12.3 Å². The third-order valence-electron chi connectivity index (χ3n) is 4.72. The van der Waals surface area contributed by atoms with E-state index in [1.54, 1.807) is 0 Å². The molecule has 0 aromatic carbocycles. The Kier molecular flexibility index (Phi) is 12.6. The minimum absolute atomic E-state index is 0.0277. The Morgan fingerprint density at radius 2 is 1.62 bits per heavy atom. The number of aromatic amines is 1. The normalized spacial score (nSPS) is 14.3. The van der Waals surface area contributed by atoms with Crippen molar-refractivity contribution in [2.45, 2.75) is 56.3 Å². The third-order valence-corrected chi connectivity index (χ3v) is 5.11. The SMILES string of the molecule is NCCCCC(NC(=O)C(N)CS)C(=O)NC(CC(=O)O)C(=O)NC(Cc1cnc[nH]1)C(=O)O. The van der Waals surface area contributed by atoms with E-state index in [1.807, 2.05) is 0 Å². The van der Waals surface area contributed by atoms with Gasteiger partial charge in [0.1, 0.15) is 18.1 Å². The molecule has 0 radical (unpaired) electrons. The summed E-state index contributed by atoms with van der Waals surface area (Å²) in [7, 11) is 0. The number of hydrogen-bond acceptors (Lipinski definition) is 9. The van der Waals surface area contributed by atoms with E-state index in [1.165, 1.54) is 12.5 Å². The molecule has 0 spiro atoms. The molecule has 0 aliphatic carbocycles. The number of unbranched alkanes of at least 4 members (excludes halogenated alkanes) is 1. The quantitative estimate of drug-likeness (QED) is 0.0841. The predicted octanol–water partition coefficient (Wildman–Crippen LogP) is -2.65. The molecule has 0 fully saturated rings. The number of carboxylic acid groups (broad SMARTS) is 2. The number of imidazole rings is 1. The second-order valence-electron chi connectivity index (χ2n) is 7.47. The fourth-order valence-corrected chi connectivity index (χ4v) is 3.03. The maximum atomic E-state index is 12.8. The van der Waals surface area contributed by atoms with Crippen LogP contribution in [0.5, 0.6) is 0 Å². The first-order valence-corrected chi connectivity index (χ1v) is 11.1. The zero-order valence-electron chi connectivity index (χ0n) is 18.4. The lowest BCUT2D eigenvalue weighted by Gasteiger charge is -2.24. The van der Waals surface area contributed by atoms with E-state index < -0.39 is 60.2 Å². The summed E-state index contributed by atoms with van der Waals surface area (Å²) < 4.78 is 0. The van der Waals surface area contributed by atoms with Crippen LogP contribution in [0.1, 0.15) is 31.4 Å². The van der Waals surface area contributed by atoms with Gasteiger partial charge in [0.25, 0.3) is 0 Å². The van der Waals surface area contributed by atoms with Crippen molar-refractivity contribution in [1.29, 1.82) is 0 Å². The first-order chi connectivity index (χ1) is 16.1. The average Bonchev–Trinajstić information content (AvgIpc) is 3.29. The number of hydrogen-bond donors (Lipinski definition) is 9. The Labute approximate surface area is 201 Å². The van der Waals surface area contributed by atoms with E-state index in [0.717, 1.165) is 0 Å². The molecule has 0 bridgehead atoms. The molecule has 0 saturated carbocycles. The molecule has 0 aliphatic heterocycles. The van der Waals surface area contributed by atoms with Crippen molar-refractivity contribution in [2.24, 2.45) is 11.5 Å². The van der Waals surface area contributed by atoms with Crippen molar-refractivity contribution < 1.29 is 34.2 Å². The van der Waals surface area contributed by atoms with Gasteiger partial charge >= 0.3 is 11.9 Å². The molecule has 3 amide bonds. The van der Waals surface area contributed by atoms with Crippen LogP contribution in [0.4, 0.5) is 0 Å². The van der Waals surface area contributed by atoms with Gasteiger partial charge in [-0.1, -0.05) is 0 Å². The molecule has 14 nitrogen and oxygen atoms in total. The van der Waals surface area contributed by atoms with Crippen molar-refractivity contribution in [3.05, 3.63) is 18.2 Å². The van der Waals surface area contributed by atoms with Crippen molar-refractivity contribution in [3.8, 4) is 0 Å². The van der Waals surface area contributed by atoms with E-state index in [-0.39, 0.29) is 18.6 Å². The van der Waals surface area contributed by atoms with Gasteiger partial charge in [-0.25, -0.2) is 9.78 Å². The molecule has 1 heterocycles. The van der Waals surface area contributed by atoms with Gasteiger partial charge in [0.15, 0.2) is 0 Å². The lowest BCUT2D eigenvalue weighted by molar-refractivity contribution is -0.143. The molecule has 0 aliphatic rings. The summed E-state index contributed by atoms with van der Waals surface area (Å²) in [4.78, 5) is 67.0. The Bertz CT molecular complexity index is 837. The van der Waals surface area contributed by atoms with Crippen LogP contribution >= 0.6 is 12.6 Å². The summed E-state index contributed by atoms with van der Waals surface area (Å²) >= 11 is 3.94. The van der Waals surface area contributed by atoms with Gasteiger partial charge in [0.05, 0.1) is 18.8 Å². The molecule has 1 rings (SSSR count). The summed E-state index contributed by atoms with van der Waals surface area (Å²) in [6.45, 7) is 0.357. The number of rotatable bonds is 16. The maximum absolute atomic E-state index is 12.8. The number of aliphatic carboxylic acids is 2. The fraction of sp³-hybridized carbons (Fsp3) is 0.579. The van der Waals surface area contributed by atoms with Crippen LogP contribution in [0.25, 0.3) is 0 Å². The largest absolute Gasteiger partial charge is 0.481 e. The van der Waals surface area contributed by atoms with E-state index in [2.05, 4.69) is 38.5 Å². The lowest BCUT2D eigenvalue weighted by Crippen LogP contribution is -2.57. The highest BCUT2D eigenvalue weighted by atomic mass is 32.1. The molecule has 4 unspecified atom stereocenters. The van der Waals surface area contributed by atoms with Gasteiger partial charge in [-0.3, -0.25) is 19.2 Å². The Balaban J connectivity index is 2.96. The van der Waals surface area contributed by atoms with Crippen LogP contribution in [0.3, 0.4) is 0 Å². The Hall–Kier alpha value is -3.17. The topological polar surface area (TPSA) is 243 Å². The molecular formula is C19H31N7O7S. The van der Waals surface area contributed by atoms with Gasteiger partial charge in [-0.2, -0.15) is 12.6 Å². The molecule has 1 aromatic rings. The number of carboxylic acids is 2. The van der Waals surface area contributed by atoms with E-state index in [0.29, 0.717) is 25.1 Å². The van der Waals surface area contributed by atoms with Crippen LogP contribution in [0.2, 0.25) is 0 Å². The van der Waals surface area contributed by atoms with Gasteiger partial charge in [0, 0.05) is 24.1 Å². The van der Waals surface area contributed by atoms with Crippen molar-refractivity contribution >= 4 is 42.3 Å². The zero-order valence-corrected chi connectivity index (χ0v) is 19.3. The van der Waals surface area contributed by atoms with Crippen LogP contribution < -0.4 is 27.4 Å². The highest BCUT2D eigenvalue weighted by molar-refractivity contribution is 7.80. The van der Waals surface area contributed by atoms with Gasteiger partial charge in [-0.15, -0.1) is 0 Å². The molecule has 0 saturated heterocycles. The number of carbonyl (C=O) groups excluding carboxylic acids is 3. The Morgan fingerprint density at radius 1 is 1.00 bits per heavy atom.